The van der Waals surface area contributed by atoms with Crippen LogP contribution in [-0.2, 0) is 10.0 Å². The molecule has 1 amide bonds. The van der Waals surface area contributed by atoms with E-state index in [1.54, 1.807) is 24.5 Å². The second-order valence-corrected chi connectivity index (χ2v) is 6.96. The van der Waals surface area contributed by atoms with Gasteiger partial charge in [-0.3, -0.25) is 9.78 Å². The van der Waals surface area contributed by atoms with Gasteiger partial charge in [-0.1, -0.05) is 0 Å². The third-order valence-electron chi connectivity index (χ3n) is 3.13. The van der Waals surface area contributed by atoms with E-state index in [-0.39, 0.29) is 19.0 Å². The van der Waals surface area contributed by atoms with E-state index in [4.69, 9.17) is 0 Å². The fourth-order valence-electron chi connectivity index (χ4n) is 1.69. The van der Waals surface area contributed by atoms with Gasteiger partial charge in [0.15, 0.2) is 5.82 Å². The Kier molecular flexibility index (Phi) is 5.35. The van der Waals surface area contributed by atoms with Crippen LogP contribution in [0.3, 0.4) is 0 Å². The Morgan fingerprint density at radius 2 is 1.83 bits per heavy atom. The number of aromatic nitrogens is 3. The highest BCUT2D eigenvalue weighted by Crippen LogP contribution is 2.12. The van der Waals surface area contributed by atoms with Crippen LogP contribution < -0.4 is 5.32 Å². The maximum absolute atomic E-state index is 12.0. The van der Waals surface area contributed by atoms with Gasteiger partial charge in [0.25, 0.3) is 5.91 Å². The van der Waals surface area contributed by atoms with Gasteiger partial charge in [-0.15, -0.1) is 0 Å². The zero-order chi connectivity index (χ0) is 16.9. The van der Waals surface area contributed by atoms with E-state index in [2.05, 4.69) is 20.3 Å². The number of amides is 1. The van der Waals surface area contributed by atoms with Crippen molar-refractivity contribution < 1.29 is 13.2 Å². The molecule has 0 aliphatic rings. The molecule has 2 rings (SSSR count). The van der Waals surface area contributed by atoms with Crippen LogP contribution in [0.25, 0.3) is 11.4 Å². The molecule has 23 heavy (non-hydrogen) atoms. The summed E-state index contributed by atoms with van der Waals surface area (Å²) in [4.78, 5) is 24.2. The first kappa shape index (κ1) is 17.0. The van der Waals surface area contributed by atoms with Crippen molar-refractivity contribution in [3.8, 4) is 11.4 Å². The van der Waals surface area contributed by atoms with Crippen molar-refractivity contribution in [1.82, 2.24) is 24.6 Å². The van der Waals surface area contributed by atoms with Crippen molar-refractivity contribution in [3.63, 3.8) is 0 Å². The van der Waals surface area contributed by atoms with Crippen LogP contribution in [0.5, 0.6) is 0 Å². The molecule has 0 aromatic carbocycles. The van der Waals surface area contributed by atoms with Gasteiger partial charge in [0.1, 0.15) is 0 Å². The number of hydrogen-bond donors (Lipinski definition) is 1. The number of rotatable bonds is 6. The summed E-state index contributed by atoms with van der Waals surface area (Å²) < 4.78 is 23.6. The minimum absolute atomic E-state index is 0.195. The maximum atomic E-state index is 12.0. The molecular weight excluding hydrogens is 318 g/mol. The highest BCUT2D eigenvalue weighted by molar-refractivity contribution is 7.88. The Labute approximate surface area is 134 Å². The molecule has 0 aliphatic heterocycles. The fourth-order valence-corrected chi connectivity index (χ4v) is 2.11. The Bertz CT molecular complexity index is 763. The standard InChI is InChI=1S/C14H17N5O3S/c1-19(23(2,21)22)8-7-16-14(20)12-9-17-13(18-10-12)11-3-5-15-6-4-11/h3-6,9-10H,7-8H2,1-2H3,(H,16,20). The van der Waals surface area contributed by atoms with Gasteiger partial charge in [-0.25, -0.2) is 22.7 Å². The first-order valence-electron chi connectivity index (χ1n) is 6.80. The number of carbonyl (C=O) groups excluding carboxylic acids is 1. The minimum Gasteiger partial charge on any atom is -0.351 e. The predicted octanol–water partition coefficient (Wildman–Crippen LogP) is 0.160. The van der Waals surface area contributed by atoms with Crippen molar-refractivity contribution in [2.45, 2.75) is 0 Å². The molecule has 0 spiro atoms. The van der Waals surface area contributed by atoms with Crippen LogP contribution in [0.2, 0.25) is 0 Å². The van der Waals surface area contributed by atoms with Crippen LogP contribution in [0.15, 0.2) is 36.9 Å². The molecular formula is C14H17N5O3S. The van der Waals surface area contributed by atoms with Crippen molar-refractivity contribution in [2.75, 3.05) is 26.4 Å². The van der Waals surface area contributed by atoms with E-state index < -0.39 is 10.0 Å². The summed E-state index contributed by atoms with van der Waals surface area (Å²) in [5.74, 6) is 0.147. The van der Waals surface area contributed by atoms with E-state index in [0.29, 0.717) is 11.4 Å². The largest absolute Gasteiger partial charge is 0.351 e. The summed E-state index contributed by atoms with van der Waals surface area (Å²) >= 11 is 0. The highest BCUT2D eigenvalue weighted by Gasteiger charge is 2.12. The Morgan fingerprint density at radius 3 is 2.39 bits per heavy atom. The second kappa shape index (κ2) is 7.25. The molecule has 0 atom stereocenters. The lowest BCUT2D eigenvalue weighted by Crippen LogP contribution is -2.35. The van der Waals surface area contributed by atoms with E-state index in [0.717, 1.165) is 16.1 Å². The lowest BCUT2D eigenvalue weighted by molar-refractivity contribution is 0.0951. The molecule has 0 radical (unpaired) electrons. The summed E-state index contributed by atoms with van der Waals surface area (Å²) in [6.45, 7) is 0.398. The van der Waals surface area contributed by atoms with Crippen LogP contribution in [0.1, 0.15) is 10.4 Å². The Hall–Kier alpha value is -2.39. The van der Waals surface area contributed by atoms with Gasteiger partial charge in [-0.05, 0) is 12.1 Å². The number of sulfonamides is 1. The van der Waals surface area contributed by atoms with Gasteiger partial charge < -0.3 is 5.32 Å². The number of likely N-dealkylation sites (N-methyl/N-ethyl adjacent to an activating group) is 1. The summed E-state index contributed by atoms with van der Waals surface area (Å²) in [5, 5.41) is 2.63. The number of hydrogen-bond acceptors (Lipinski definition) is 6. The average molecular weight is 335 g/mol. The highest BCUT2D eigenvalue weighted by atomic mass is 32.2. The Balaban J connectivity index is 1.93. The van der Waals surface area contributed by atoms with E-state index >= 15 is 0 Å². The summed E-state index contributed by atoms with van der Waals surface area (Å²) in [6, 6.07) is 3.55. The van der Waals surface area contributed by atoms with Gasteiger partial charge in [0, 0.05) is 50.5 Å². The zero-order valence-electron chi connectivity index (χ0n) is 12.8. The van der Waals surface area contributed by atoms with E-state index in [1.807, 2.05) is 0 Å². The SMILES string of the molecule is CN(CCNC(=O)c1cnc(-c2ccncc2)nc1)S(C)(=O)=O. The van der Waals surface area contributed by atoms with Gasteiger partial charge >= 0.3 is 0 Å². The molecule has 2 heterocycles. The molecule has 122 valence electrons. The first-order valence-corrected chi connectivity index (χ1v) is 8.64. The molecule has 1 N–H and O–H groups in total. The fraction of sp³-hybridized carbons (Fsp3) is 0.286. The quantitative estimate of drug-likeness (QED) is 0.806. The lowest BCUT2D eigenvalue weighted by Gasteiger charge is -2.14. The molecule has 0 aliphatic carbocycles. The number of pyridine rings is 1. The van der Waals surface area contributed by atoms with Crippen LogP contribution in [-0.4, -0.2) is 60.0 Å². The molecule has 9 heteroatoms. The summed E-state index contributed by atoms with van der Waals surface area (Å²) in [7, 11) is -1.80. The summed E-state index contributed by atoms with van der Waals surface area (Å²) in [5.41, 5.74) is 1.12. The molecule has 0 bridgehead atoms. The lowest BCUT2D eigenvalue weighted by atomic mass is 10.2. The molecule has 0 unspecified atom stereocenters. The van der Waals surface area contributed by atoms with Gasteiger partial charge in [0.2, 0.25) is 10.0 Å². The van der Waals surface area contributed by atoms with Gasteiger partial charge in [-0.2, -0.15) is 0 Å². The molecule has 0 saturated heterocycles. The minimum atomic E-state index is -3.25. The van der Waals surface area contributed by atoms with Crippen LogP contribution >= 0.6 is 0 Å². The number of nitrogens with one attached hydrogen (secondary N) is 1. The number of nitrogens with zero attached hydrogens (tertiary/aromatic N) is 4. The van der Waals surface area contributed by atoms with E-state index in [1.165, 1.54) is 19.4 Å². The maximum Gasteiger partial charge on any atom is 0.254 e. The normalized spacial score (nSPS) is 11.4. The van der Waals surface area contributed by atoms with Crippen molar-refractivity contribution in [3.05, 3.63) is 42.5 Å². The third-order valence-corrected chi connectivity index (χ3v) is 4.45. The van der Waals surface area contributed by atoms with E-state index in [9.17, 15) is 13.2 Å². The molecule has 0 saturated carbocycles. The van der Waals surface area contributed by atoms with Crippen molar-refractivity contribution >= 4 is 15.9 Å². The van der Waals surface area contributed by atoms with Crippen LogP contribution in [0.4, 0.5) is 0 Å². The molecule has 2 aromatic rings. The predicted molar refractivity (Wildman–Crippen MR) is 85.1 cm³/mol. The Morgan fingerprint density at radius 1 is 1.22 bits per heavy atom. The topological polar surface area (TPSA) is 105 Å². The second-order valence-electron chi connectivity index (χ2n) is 4.87. The molecule has 8 nitrogen and oxygen atoms in total. The van der Waals surface area contributed by atoms with Gasteiger partial charge in [0.05, 0.1) is 11.8 Å². The van der Waals surface area contributed by atoms with Crippen molar-refractivity contribution in [1.29, 1.82) is 0 Å². The monoisotopic (exact) mass is 335 g/mol. The third kappa shape index (κ3) is 4.80. The zero-order valence-corrected chi connectivity index (χ0v) is 13.6. The van der Waals surface area contributed by atoms with Crippen molar-refractivity contribution in [2.24, 2.45) is 0 Å². The summed E-state index contributed by atoms with van der Waals surface area (Å²) in [6.07, 6.45) is 7.24. The van der Waals surface area contributed by atoms with Crippen LogP contribution in [0, 0.1) is 0 Å². The molecule has 2 aromatic heterocycles. The first-order chi connectivity index (χ1) is 10.9. The number of carbonyl (C=O) groups is 1. The molecule has 0 fully saturated rings. The average Bonchev–Trinajstić information content (AvgIpc) is 2.54. The smallest absolute Gasteiger partial charge is 0.254 e.